The highest BCUT2D eigenvalue weighted by atomic mass is 35.5. The first-order valence-corrected chi connectivity index (χ1v) is 6.30. The van der Waals surface area contributed by atoms with Gasteiger partial charge in [-0.25, -0.2) is 0 Å². The molecule has 88 valence electrons. The molecule has 1 saturated carbocycles. The Morgan fingerprint density at radius 1 is 1.12 bits per heavy atom. The first-order chi connectivity index (χ1) is 7.45. The highest BCUT2D eigenvalue weighted by molar-refractivity contribution is 6.21. The van der Waals surface area contributed by atoms with Crippen LogP contribution in [-0.4, -0.2) is 11.5 Å². The van der Waals surface area contributed by atoms with Crippen molar-refractivity contribution in [3.8, 4) is 5.75 Å². The molecule has 0 atom stereocenters. The normalized spacial score (nSPS) is 25.0. The van der Waals surface area contributed by atoms with Crippen LogP contribution >= 0.6 is 11.6 Å². The molecule has 0 aromatic heterocycles. The lowest BCUT2D eigenvalue weighted by atomic mass is 9.87. The molecule has 0 spiro atoms. The SMILES string of the molecule is CC(C)(C)c1ccc(OC2CC(Cl)C2)cc1. The lowest BCUT2D eigenvalue weighted by molar-refractivity contribution is 0.124. The topological polar surface area (TPSA) is 9.23 Å². The molecule has 0 saturated heterocycles. The number of benzene rings is 1. The van der Waals surface area contributed by atoms with Gasteiger partial charge in [0.05, 0.1) is 0 Å². The van der Waals surface area contributed by atoms with Crippen LogP contribution in [0.25, 0.3) is 0 Å². The van der Waals surface area contributed by atoms with Gasteiger partial charge in [0.15, 0.2) is 0 Å². The molecule has 16 heavy (non-hydrogen) atoms. The van der Waals surface area contributed by atoms with E-state index in [1.807, 2.05) is 0 Å². The van der Waals surface area contributed by atoms with E-state index in [-0.39, 0.29) is 5.41 Å². The van der Waals surface area contributed by atoms with Crippen molar-refractivity contribution in [1.82, 2.24) is 0 Å². The Bertz CT molecular complexity index is 344. The van der Waals surface area contributed by atoms with Gasteiger partial charge in [0.2, 0.25) is 0 Å². The van der Waals surface area contributed by atoms with E-state index in [2.05, 4.69) is 45.0 Å². The maximum Gasteiger partial charge on any atom is 0.119 e. The van der Waals surface area contributed by atoms with Crippen LogP contribution in [0.1, 0.15) is 39.2 Å². The van der Waals surface area contributed by atoms with E-state index < -0.39 is 0 Å². The number of alkyl halides is 1. The van der Waals surface area contributed by atoms with E-state index in [9.17, 15) is 0 Å². The Morgan fingerprint density at radius 2 is 1.69 bits per heavy atom. The van der Waals surface area contributed by atoms with Crippen LogP contribution in [0, 0.1) is 0 Å². The third-order valence-electron chi connectivity index (χ3n) is 3.06. The predicted octanol–water partition coefficient (Wildman–Crippen LogP) is 4.13. The molecule has 0 amide bonds. The van der Waals surface area contributed by atoms with Crippen molar-refractivity contribution >= 4 is 11.6 Å². The zero-order valence-electron chi connectivity index (χ0n) is 10.2. The molecular weight excluding hydrogens is 220 g/mol. The van der Waals surface area contributed by atoms with Crippen molar-refractivity contribution in [2.24, 2.45) is 0 Å². The molecule has 0 N–H and O–H groups in total. The Balaban J connectivity index is 1.97. The minimum Gasteiger partial charge on any atom is -0.490 e. The van der Waals surface area contributed by atoms with E-state index in [0.29, 0.717) is 11.5 Å². The summed E-state index contributed by atoms with van der Waals surface area (Å²) >= 11 is 5.92. The van der Waals surface area contributed by atoms with Crippen molar-refractivity contribution in [2.75, 3.05) is 0 Å². The Labute approximate surface area is 103 Å². The molecule has 1 aliphatic rings. The zero-order valence-corrected chi connectivity index (χ0v) is 10.9. The fraction of sp³-hybridized carbons (Fsp3) is 0.571. The smallest absolute Gasteiger partial charge is 0.119 e. The van der Waals surface area contributed by atoms with Crippen LogP contribution in [0.3, 0.4) is 0 Å². The molecule has 1 aromatic carbocycles. The summed E-state index contributed by atoms with van der Waals surface area (Å²) in [7, 11) is 0. The summed E-state index contributed by atoms with van der Waals surface area (Å²) in [6.45, 7) is 6.65. The Morgan fingerprint density at radius 3 is 2.12 bits per heavy atom. The van der Waals surface area contributed by atoms with E-state index in [1.54, 1.807) is 0 Å². The molecule has 1 aliphatic carbocycles. The van der Waals surface area contributed by atoms with Crippen molar-refractivity contribution in [1.29, 1.82) is 0 Å². The molecule has 0 heterocycles. The first-order valence-electron chi connectivity index (χ1n) is 5.86. The lowest BCUT2D eigenvalue weighted by Crippen LogP contribution is -2.34. The van der Waals surface area contributed by atoms with Gasteiger partial charge in [0, 0.05) is 18.2 Å². The molecular formula is C14H19ClO. The van der Waals surface area contributed by atoms with Gasteiger partial charge in [-0.1, -0.05) is 32.9 Å². The molecule has 1 aromatic rings. The molecule has 2 heteroatoms. The van der Waals surface area contributed by atoms with Crippen molar-refractivity contribution in [3.05, 3.63) is 29.8 Å². The summed E-state index contributed by atoms with van der Waals surface area (Å²) in [5.41, 5.74) is 1.54. The summed E-state index contributed by atoms with van der Waals surface area (Å²) in [6, 6.07) is 8.41. The van der Waals surface area contributed by atoms with Crippen LogP contribution in [0.4, 0.5) is 0 Å². The van der Waals surface area contributed by atoms with Gasteiger partial charge in [0.25, 0.3) is 0 Å². The number of ether oxygens (including phenoxy) is 1. The molecule has 0 unspecified atom stereocenters. The van der Waals surface area contributed by atoms with Gasteiger partial charge in [-0.2, -0.15) is 0 Å². The van der Waals surface area contributed by atoms with Gasteiger partial charge in [0.1, 0.15) is 11.9 Å². The highest BCUT2D eigenvalue weighted by Gasteiger charge is 2.28. The minimum atomic E-state index is 0.205. The van der Waals surface area contributed by atoms with Crippen molar-refractivity contribution in [2.45, 2.75) is 50.5 Å². The predicted molar refractivity (Wildman–Crippen MR) is 68.4 cm³/mol. The fourth-order valence-electron chi connectivity index (χ4n) is 1.82. The summed E-state index contributed by atoms with van der Waals surface area (Å²) in [6.07, 6.45) is 2.27. The molecule has 2 rings (SSSR count). The van der Waals surface area contributed by atoms with Crippen LogP contribution in [0.15, 0.2) is 24.3 Å². The average Bonchev–Trinajstić information content (AvgIpc) is 2.15. The summed E-state index contributed by atoms with van der Waals surface area (Å²) in [5, 5.41) is 0.318. The van der Waals surface area contributed by atoms with Crippen LogP contribution in [-0.2, 0) is 5.41 Å². The quantitative estimate of drug-likeness (QED) is 0.704. The minimum absolute atomic E-state index is 0.205. The second-order valence-corrected chi connectivity index (χ2v) is 6.20. The third-order valence-corrected chi connectivity index (χ3v) is 3.42. The summed E-state index contributed by atoms with van der Waals surface area (Å²) < 4.78 is 5.80. The maximum atomic E-state index is 5.92. The highest BCUT2D eigenvalue weighted by Crippen LogP contribution is 2.31. The zero-order chi connectivity index (χ0) is 11.8. The van der Waals surface area contributed by atoms with Gasteiger partial charge in [-0.15, -0.1) is 11.6 Å². The van der Waals surface area contributed by atoms with Crippen LogP contribution < -0.4 is 4.74 Å². The fourth-order valence-corrected chi connectivity index (χ4v) is 2.22. The van der Waals surface area contributed by atoms with Gasteiger partial charge < -0.3 is 4.74 Å². The largest absolute Gasteiger partial charge is 0.490 e. The van der Waals surface area contributed by atoms with Crippen LogP contribution in [0.2, 0.25) is 0 Å². The molecule has 1 nitrogen and oxygen atoms in total. The van der Waals surface area contributed by atoms with E-state index >= 15 is 0 Å². The number of hydrogen-bond donors (Lipinski definition) is 0. The van der Waals surface area contributed by atoms with E-state index in [4.69, 9.17) is 16.3 Å². The average molecular weight is 239 g/mol. The van der Waals surface area contributed by atoms with Gasteiger partial charge in [-0.3, -0.25) is 0 Å². The Kier molecular flexibility index (Phi) is 3.16. The van der Waals surface area contributed by atoms with Gasteiger partial charge >= 0.3 is 0 Å². The number of hydrogen-bond acceptors (Lipinski definition) is 1. The second-order valence-electron chi connectivity index (χ2n) is 5.58. The monoisotopic (exact) mass is 238 g/mol. The summed E-state index contributed by atoms with van der Waals surface area (Å²) in [5.74, 6) is 0.960. The lowest BCUT2D eigenvalue weighted by Gasteiger charge is -2.31. The number of halogens is 1. The third kappa shape index (κ3) is 2.70. The van der Waals surface area contributed by atoms with Crippen molar-refractivity contribution in [3.63, 3.8) is 0 Å². The maximum absolute atomic E-state index is 5.92. The standard InChI is InChI=1S/C14H19ClO/c1-14(2,3)10-4-6-12(7-5-10)16-13-8-11(15)9-13/h4-7,11,13H,8-9H2,1-3H3. The molecule has 0 aliphatic heterocycles. The molecule has 0 bridgehead atoms. The second kappa shape index (κ2) is 4.29. The van der Waals surface area contributed by atoms with E-state index in [0.717, 1.165) is 18.6 Å². The van der Waals surface area contributed by atoms with Crippen LogP contribution in [0.5, 0.6) is 5.75 Å². The van der Waals surface area contributed by atoms with Gasteiger partial charge in [-0.05, 0) is 23.1 Å². The van der Waals surface area contributed by atoms with E-state index in [1.165, 1.54) is 5.56 Å². The molecule has 1 fully saturated rings. The molecule has 0 radical (unpaired) electrons. The number of rotatable bonds is 2. The van der Waals surface area contributed by atoms with Crippen molar-refractivity contribution < 1.29 is 4.74 Å². The first kappa shape index (κ1) is 11.8. The summed E-state index contributed by atoms with van der Waals surface area (Å²) in [4.78, 5) is 0. The Hall–Kier alpha value is -0.690.